The van der Waals surface area contributed by atoms with E-state index in [1.807, 2.05) is 48.5 Å². The Bertz CT molecular complexity index is 974. The lowest BCUT2D eigenvalue weighted by molar-refractivity contribution is -0.907. The van der Waals surface area contributed by atoms with E-state index in [1.54, 1.807) is 11.8 Å². The maximum absolute atomic E-state index is 12.7. The minimum absolute atomic E-state index is 0.0542. The van der Waals surface area contributed by atoms with Crippen molar-refractivity contribution in [3.63, 3.8) is 0 Å². The summed E-state index contributed by atoms with van der Waals surface area (Å²) in [6, 6.07) is 24.2. The van der Waals surface area contributed by atoms with Gasteiger partial charge in [0.1, 0.15) is 6.54 Å². The van der Waals surface area contributed by atoms with E-state index in [0.717, 1.165) is 40.0 Å². The van der Waals surface area contributed by atoms with Crippen molar-refractivity contribution in [1.29, 1.82) is 0 Å². The number of anilines is 1. The summed E-state index contributed by atoms with van der Waals surface area (Å²) < 4.78 is 0. The van der Waals surface area contributed by atoms with Crippen LogP contribution in [-0.4, -0.2) is 19.0 Å². The second kappa shape index (κ2) is 8.82. The van der Waals surface area contributed by atoms with E-state index < -0.39 is 0 Å². The number of nitrogens with one attached hydrogen (secondary N) is 2. The van der Waals surface area contributed by atoms with E-state index in [4.69, 9.17) is 11.6 Å². The molecule has 1 heterocycles. The first-order valence-corrected chi connectivity index (χ1v) is 10.6. The maximum atomic E-state index is 12.7. The monoisotopic (exact) mass is 409 g/mol. The molecule has 3 nitrogen and oxygen atoms in total. The molecule has 1 aliphatic heterocycles. The highest BCUT2D eigenvalue weighted by atomic mass is 35.5. The lowest BCUT2D eigenvalue weighted by Gasteiger charge is -2.25. The number of benzene rings is 3. The highest BCUT2D eigenvalue weighted by molar-refractivity contribution is 7.99. The first-order chi connectivity index (χ1) is 13.7. The summed E-state index contributed by atoms with van der Waals surface area (Å²) in [5.41, 5.74) is 3.62. The third kappa shape index (κ3) is 4.76. The number of hydrogen-bond donors (Lipinski definition) is 2. The Hall–Kier alpha value is -2.27. The Balaban J connectivity index is 1.40. The maximum Gasteiger partial charge on any atom is 0.279 e. The molecule has 0 fully saturated rings. The lowest BCUT2D eigenvalue weighted by atomic mass is 10.00. The van der Waals surface area contributed by atoms with Gasteiger partial charge >= 0.3 is 0 Å². The molecule has 4 rings (SSSR count). The number of para-hydroxylation sites is 1. The van der Waals surface area contributed by atoms with Gasteiger partial charge in [0.2, 0.25) is 0 Å². The Morgan fingerprint density at radius 3 is 2.50 bits per heavy atom. The van der Waals surface area contributed by atoms with E-state index in [2.05, 4.69) is 29.6 Å². The zero-order chi connectivity index (χ0) is 19.3. The molecule has 2 N–H and O–H groups in total. The smallest absolute Gasteiger partial charge is 0.279 e. The molecule has 3 aromatic carbocycles. The van der Waals surface area contributed by atoms with Gasteiger partial charge in [-0.3, -0.25) is 4.79 Å². The van der Waals surface area contributed by atoms with Crippen molar-refractivity contribution in [3.8, 4) is 0 Å². The number of quaternary nitrogens is 1. The van der Waals surface area contributed by atoms with Crippen LogP contribution in [0.2, 0.25) is 5.02 Å². The molecule has 142 valence electrons. The Labute approximate surface area is 174 Å². The molecule has 0 bridgehead atoms. The number of amides is 1. The molecule has 28 heavy (non-hydrogen) atoms. The van der Waals surface area contributed by atoms with Crippen LogP contribution in [0, 0.1) is 0 Å². The molecule has 0 spiro atoms. The van der Waals surface area contributed by atoms with Crippen molar-refractivity contribution in [2.75, 3.05) is 18.4 Å². The molecule has 3 aromatic rings. The van der Waals surface area contributed by atoms with E-state index in [0.29, 0.717) is 6.54 Å². The van der Waals surface area contributed by atoms with Gasteiger partial charge in [0.25, 0.3) is 5.91 Å². The van der Waals surface area contributed by atoms with Crippen LogP contribution in [0.4, 0.5) is 5.69 Å². The largest absolute Gasteiger partial charge is 0.323 e. The van der Waals surface area contributed by atoms with Crippen LogP contribution in [0.15, 0.2) is 82.6 Å². The SMILES string of the molecule is O=C(C[NH+]1CCc2ccccc2C1)Nc1ccccc1Sc1ccc(Cl)cc1. The molecule has 0 aromatic heterocycles. The average molecular weight is 410 g/mol. The van der Waals surface area contributed by atoms with Crippen LogP contribution in [0.3, 0.4) is 0 Å². The van der Waals surface area contributed by atoms with Gasteiger partial charge in [-0.25, -0.2) is 0 Å². The summed E-state index contributed by atoms with van der Waals surface area (Å²) in [6.45, 7) is 2.38. The van der Waals surface area contributed by atoms with Crippen LogP contribution in [0.1, 0.15) is 11.1 Å². The van der Waals surface area contributed by atoms with Crippen LogP contribution in [-0.2, 0) is 17.8 Å². The second-order valence-corrected chi connectivity index (χ2v) is 8.52. The van der Waals surface area contributed by atoms with E-state index in [-0.39, 0.29) is 5.91 Å². The molecule has 1 amide bonds. The standard InChI is InChI=1S/C23H21ClN2OS/c24-19-9-11-20(12-10-19)28-22-8-4-3-7-21(22)25-23(27)16-26-14-13-17-5-1-2-6-18(17)15-26/h1-12H,13-16H2,(H,25,27)/p+1. The van der Waals surface area contributed by atoms with E-state index in [9.17, 15) is 4.79 Å². The first-order valence-electron chi connectivity index (χ1n) is 9.40. The number of rotatable bonds is 5. The van der Waals surface area contributed by atoms with Crippen molar-refractivity contribution in [3.05, 3.63) is 88.9 Å². The zero-order valence-corrected chi connectivity index (χ0v) is 17.0. The molecule has 0 saturated carbocycles. The van der Waals surface area contributed by atoms with Gasteiger partial charge in [-0.05, 0) is 42.0 Å². The Morgan fingerprint density at radius 1 is 0.964 bits per heavy atom. The minimum atomic E-state index is 0.0542. The summed E-state index contributed by atoms with van der Waals surface area (Å²) in [6.07, 6.45) is 1.03. The molecule has 0 aliphatic carbocycles. The van der Waals surface area contributed by atoms with Gasteiger partial charge in [-0.1, -0.05) is 59.8 Å². The Morgan fingerprint density at radius 2 is 1.68 bits per heavy atom. The highest BCUT2D eigenvalue weighted by Gasteiger charge is 2.21. The molecule has 1 atom stereocenters. The molecular formula is C23H22ClN2OS+. The molecule has 1 unspecified atom stereocenters. The van der Waals surface area contributed by atoms with Gasteiger partial charge in [0, 0.05) is 26.8 Å². The summed E-state index contributed by atoms with van der Waals surface area (Å²) in [5.74, 6) is 0.0542. The van der Waals surface area contributed by atoms with Crippen molar-refractivity contribution in [2.45, 2.75) is 22.8 Å². The minimum Gasteiger partial charge on any atom is -0.323 e. The second-order valence-electron chi connectivity index (χ2n) is 6.97. The van der Waals surface area contributed by atoms with E-state index >= 15 is 0 Å². The third-order valence-electron chi connectivity index (χ3n) is 4.92. The van der Waals surface area contributed by atoms with Crippen molar-refractivity contribution < 1.29 is 9.69 Å². The van der Waals surface area contributed by atoms with Gasteiger partial charge in [0.15, 0.2) is 6.54 Å². The molecule has 0 radical (unpaired) electrons. The average Bonchev–Trinajstić information content (AvgIpc) is 2.71. The Kier molecular flexibility index (Phi) is 6.01. The number of fused-ring (bicyclic) bond motifs is 1. The quantitative estimate of drug-likeness (QED) is 0.666. The van der Waals surface area contributed by atoms with Crippen molar-refractivity contribution in [1.82, 2.24) is 0 Å². The summed E-state index contributed by atoms with van der Waals surface area (Å²) >= 11 is 7.59. The lowest BCUT2D eigenvalue weighted by Crippen LogP contribution is -3.12. The fraction of sp³-hybridized carbons (Fsp3) is 0.174. The zero-order valence-electron chi connectivity index (χ0n) is 15.5. The number of hydrogen-bond acceptors (Lipinski definition) is 2. The molecular weight excluding hydrogens is 388 g/mol. The topological polar surface area (TPSA) is 33.5 Å². The fourth-order valence-corrected chi connectivity index (χ4v) is 4.53. The van der Waals surface area contributed by atoms with Crippen LogP contribution < -0.4 is 10.2 Å². The fourth-order valence-electron chi connectivity index (χ4n) is 3.50. The van der Waals surface area contributed by atoms with Gasteiger partial charge in [-0.2, -0.15) is 0 Å². The normalized spacial score (nSPS) is 15.7. The molecule has 1 aliphatic rings. The van der Waals surface area contributed by atoms with Gasteiger partial charge in [0.05, 0.1) is 12.2 Å². The van der Waals surface area contributed by atoms with Gasteiger partial charge in [-0.15, -0.1) is 0 Å². The van der Waals surface area contributed by atoms with Crippen molar-refractivity contribution in [2.24, 2.45) is 0 Å². The summed E-state index contributed by atoms with van der Waals surface area (Å²) in [4.78, 5) is 16.1. The highest BCUT2D eigenvalue weighted by Crippen LogP contribution is 2.33. The van der Waals surface area contributed by atoms with Crippen molar-refractivity contribution >= 4 is 35.0 Å². The number of carbonyl (C=O) groups excluding carboxylic acids is 1. The number of halogens is 1. The number of carbonyl (C=O) groups is 1. The predicted molar refractivity (Wildman–Crippen MR) is 115 cm³/mol. The molecule has 0 saturated heterocycles. The van der Waals surface area contributed by atoms with Crippen LogP contribution in [0.5, 0.6) is 0 Å². The van der Waals surface area contributed by atoms with E-state index in [1.165, 1.54) is 16.0 Å². The van der Waals surface area contributed by atoms with Gasteiger partial charge < -0.3 is 10.2 Å². The summed E-state index contributed by atoms with van der Waals surface area (Å²) in [7, 11) is 0. The summed E-state index contributed by atoms with van der Waals surface area (Å²) in [5, 5.41) is 3.83. The van der Waals surface area contributed by atoms with Crippen LogP contribution in [0.25, 0.3) is 0 Å². The first kappa shape index (κ1) is 19.1. The third-order valence-corrected chi connectivity index (χ3v) is 6.26. The van der Waals surface area contributed by atoms with Crippen LogP contribution >= 0.6 is 23.4 Å². The molecule has 5 heteroatoms. The predicted octanol–water partition coefficient (Wildman–Crippen LogP) is 4.07.